The second-order valence-electron chi connectivity index (χ2n) is 3.73. The molecule has 0 aromatic heterocycles. The summed E-state index contributed by atoms with van der Waals surface area (Å²) in [5.41, 5.74) is 9.56. The Hall–Kier alpha value is -1.22. The number of hydrogen-bond acceptors (Lipinski definition) is 6. The molecule has 0 aromatic rings. The molecule has 122 valence electrons. The van der Waals surface area contributed by atoms with E-state index in [1.165, 1.54) is 0 Å². The smallest absolute Gasteiger partial charge is 0.303 e. The van der Waals surface area contributed by atoms with Gasteiger partial charge in [-0.1, -0.05) is 12.8 Å². The minimum absolute atomic E-state index is 0.0972. The minimum Gasteiger partial charge on any atom is -0.481 e. The van der Waals surface area contributed by atoms with Crippen molar-refractivity contribution >= 4 is 11.9 Å². The maximum atomic E-state index is 10.0. The van der Waals surface area contributed by atoms with Crippen LogP contribution in [0, 0.1) is 0 Å². The van der Waals surface area contributed by atoms with Crippen molar-refractivity contribution in [3.05, 3.63) is 0 Å². The lowest BCUT2D eigenvalue weighted by Crippen LogP contribution is -2.02. The van der Waals surface area contributed by atoms with Gasteiger partial charge in [-0.2, -0.15) is 0 Å². The van der Waals surface area contributed by atoms with Gasteiger partial charge in [0.15, 0.2) is 0 Å². The van der Waals surface area contributed by atoms with Gasteiger partial charge in [0.25, 0.3) is 0 Å². The maximum Gasteiger partial charge on any atom is 0.303 e. The minimum atomic E-state index is -0.784. The molecule has 0 aliphatic heterocycles. The zero-order chi connectivity index (χ0) is 16.2. The van der Waals surface area contributed by atoms with Gasteiger partial charge in [-0.05, 0) is 12.8 Å². The van der Waals surface area contributed by atoms with E-state index < -0.39 is 11.9 Å². The number of nitrogens with two attached hydrogens (primary N) is 2. The summed E-state index contributed by atoms with van der Waals surface area (Å²) in [5.74, 6) is -1.57. The van der Waals surface area contributed by atoms with Crippen molar-refractivity contribution in [3.8, 4) is 0 Å². The summed E-state index contributed by atoms with van der Waals surface area (Å²) in [6.07, 6.45) is 3.28. The lowest BCUT2D eigenvalue weighted by atomic mass is 10.1. The largest absolute Gasteiger partial charge is 0.481 e. The third kappa shape index (κ3) is 43.7. The van der Waals surface area contributed by atoms with E-state index in [4.69, 9.17) is 31.9 Å². The van der Waals surface area contributed by atoms with Crippen LogP contribution < -0.4 is 11.5 Å². The molecule has 8 nitrogen and oxygen atoms in total. The molecular weight excluding hydrogens is 268 g/mol. The molecule has 0 rings (SSSR count). The number of carboxylic acids is 2. The molecule has 0 spiro atoms. The van der Waals surface area contributed by atoms with Gasteiger partial charge >= 0.3 is 11.9 Å². The summed E-state index contributed by atoms with van der Waals surface area (Å²) in [6.45, 7) is 0.944. The highest BCUT2D eigenvalue weighted by Crippen LogP contribution is 2.04. The van der Waals surface area contributed by atoms with Crippen LogP contribution in [0.15, 0.2) is 0 Å². The van der Waals surface area contributed by atoms with Crippen LogP contribution in [-0.4, -0.2) is 58.7 Å². The summed E-state index contributed by atoms with van der Waals surface area (Å²) >= 11 is 0. The van der Waals surface area contributed by atoms with Crippen LogP contribution >= 0.6 is 0 Å². The van der Waals surface area contributed by atoms with Crippen molar-refractivity contribution in [2.75, 3.05) is 26.3 Å². The number of carboxylic acid groups (broad SMARTS) is 2. The third-order valence-corrected chi connectivity index (χ3v) is 1.79. The van der Waals surface area contributed by atoms with E-state index in [2.05, 4.69) is 0 Å². The topological polar surface area (TPSA) is 167 Å². The standard InChI is InChI=1S/C8H14O4.2C2H7NO/c9-7(10)5-3-1-2-4-6-8(11)12;2*3-1-2-4/h1-6H2,(H,9,10)(H,11,12);2*4H,1-3H2. The first-order valence-electron chi connectivity index (χ1n) is 6.51. The molecule has 0 radical (unpaired) electrons. The van der Waals surface area contributed by atoms with E-state index in [1.807, 2.05) is 0 Å². The van der Waals surface area contributed by atoms with Gasteiger partial charge in [-0.15, -0.1) is 0 Å². The fourth-order valence-electron chi connectivity index (χ4n) is 0.906. The predicted octanol–water partition coefficient (Wildman–Crippen LogP) is -0.629. The first kappa shape index (κ1) is 23.8. The molecule has 0 unspecified atom stereocenters. The molecular formula is C12H28N2O6. The summed E-state index contributed by atoms with van der Waals surface area (Å²) in [7, 11) is 0. The van der Waals surface area contributed by atoms with Gasteiger partial charge in [0, 0.05) is 25.9 Å². The maximum absolute atomic E-state index is 10.0. The highest BCUT2D eigenvalue weighted by Gasteiger charge is 1.98. The average Bonchev–Trinajstić information content (AvgIpc) is 2.42. The predicted molar refractivity (Wildman–Crippen MR) is 75.3 cm³/mol. The van der Waals surface area contributed by atoms with Crippen LogP contribution in [0.4, 0.5) is 0 Å². The van der Waals surface area contributed by atoms with E-state index in [-0.39, 0.29) is 26.1 Å². The fraction of sp³-hybridized carbons (Fsp3) is 0.833. The number of rotatable bonds is 9. The molecule has 20 heavy (non-hydrogen) atoms. The highest BCUT2D eigenvalue weighted by molar-refractivity contribution is 5.66. The molecule has 0 heterocycles. The van der Waals surface area contributed by atoms with Crippen LogP contribution in [0.2, 0.25) is 0 Å². The Morgan fingerprint density at radius 1 is 0.700 bits per heavy atom. The van der Waals surface area contributed by atoms with Gasteiger partial charge in [0.2, 0.25) is 0 Å². The lowest BCUT2D eigenvalue weighted by molar-refractivity contribution is -0.138. The number of hydrogen-bond donors (Lipinski definition) is 6. The van der Waals surface area contributed by atoms with Gasteiger partial charge < -0.3 is 31.9 Å². The quantitative estimate of drug-likeness (QED) is 0.306. The van der Waals surface area contributed by atoms with E-state index in [1.54, 1.807) is 0 Å². The highest BCUT2D eigenvalue weighted by atomic mass is 16.4. The zero-order valence-corrected chi connectivity index (χ0v) is 11.8. The number of aliphatic hydroxyl groups excluding tert-OH is 2. The zero-order valence-electron chi connectivity index (χ0n) is 11.8. The van der Waals surface area contributed by atoms with E-state index in [0.717, 1.165) is 12.8 Å². The van der Waals surface area contributed by atoms with Gasteiger partial charge in [-0.25, -0.2) is 0 Å². The Kier molecular flexibility index (Phi) is 27.3. The van der Waals surface area contributed by atoms with E-state index >= 15 is 0 Å². The van der Waals surface area contributed by atoms with Crippen molar-refractivity contribution in [1.29, 1.82) is 0 Å². The Morgan fingerprint density at radius 2 is 0.950 bits per heavy atom. The molecule has 0 saturated heterocycles. The normalized spacial score (nSPS) is 8.80. The molecule has 8 heteroatoms. The molecule has 0 bridgehead atoms. The Morgan fingerprint density at radius 3 is 1.10 bits per heavy atom. The summed E-state index contributed by atoms with van der Waals surface area (Å²) in [5, 5.41) is 32.0. The average molecular weight is 296 g/mol. The van der Waals surface area contributed by atoms with Crippen LogP contribution in [0.25, 0.3) is 0 Å². The first-order valence-corrected chi connectivity index (χ1v) is 6.51. The monoisotopic (exact) mass is 296 g/mol. The molecule has 0 aliphatic carbocycles. The fourth-order valence-corrected chi connectivity index (χ4v) is 0.906. The SMILES string of the molecule is NCCO.NCCO.O=C(O)CCCCCCC(=O)O. The second-order valence-corrected chi connectivity index (χ2v) is 3.73. The van der Waals surface area contributed by atoms with Gasteiger partial charge in [0.05, 0.1) is 13.2 Å². The van der Waals surface area contributed by atoms with Crippen molar-refractivity contribution in [2.45, 2.75) is 38.5 Å². The van der Waals surface area contributed by atoms with Crippen LogP contribution in [0.1, 0.15) is 38.5 Å². The Balaban J connectivity index is -0.000000297. The second kappa shape index (κ2) is 22.9. The molecule has 0 amide bonds. The van der Waals surface area contributed by atoms with E-state index in [0.29, 0.717) is 25.9 Å². The van der Waals surface area contributed by atoms with Crippen molar-refractivity contribution in [2.24, 2.45) is 11.5 Å². The third-order valence-electron chi connectivity index (χ3n) is 1.79. The number of aliphatic hydroxyl groups is 2. The Bertz CT molecular complexity index is 188. The van der Waals surface area contributed by atoms with E-state index in [9.17, 15) is 9.59 Å². The van der Waals surface area contributed by atoms with Gasteiger partial charge in [0.1, 0.15) is 0 Å². The molecule has 0 saturated carbocycles. The van der Waals surface area contributed by atoms with Crippen LogP contribution in [-0.2, 0) is 9.59 Å². The molecule has 0 aliphatic rings. The molecule has 0 atom stereocenters. The first-order chi connectivity index (χ1) is 9.45. The summed E-state index contributed by atoms with van der Waals surface area (Å²) < 4.78 is 0. The van der Waals surface area contributed by atoms with Gasteiger partial charge in [-0.3, -0.25) is 9.59 Å². The van der Waals surface area contributed by atoms with Crippen LogP contribution in [0.3, 0.4) is 0 Å². The van der Waals surface area contributed by atoms with Crippen molar-refractivity contribution in [3.63, 3.8) is 0 Å². The molecule has 8 N–H and O–H groups in total. The summed E-state index contributed by atoms with van der Waals surface area (Å²) in [4.78, 5) is 20.1. The van der Waals surface area contributed by atoms with Crippen LogP contribution in [0.5, 0.6) is 0 Å². The lowest BCUT2D eigenvalue weighted by Gasteiger charge is -1.96. The van der Waals surface area contributed by atoms with Crippen molar-refractivity contribution < 1.29 is 30.0 Å². The Labute approximate surface area is 119 Å². The van der Waals surface area contributed by atoms with Crippen molar-refractivity contribution in [1.82, 2.24) is 0 Å². The molecule has 0 aromatic carbocycles. The molecule has 0 fully saturated rings. The number of unbranched alkanes of at least 4 members (excludes halogenated alkanes) is 3. The summed E-state index contributed by atoms with van der Waals surface area (Å²) in [6, 6.07) is 0. The number of carbonyl (C=O) groups is 2. The number of aliphatic carboxylic acids is 2.